The predicted molar refractivity (Wildman–Crippen MR) is 507 cm³/mol. The Hall–Kier alpha value is -10.7. The maximum Gasteiger partial charge on any atom is 0.416 e. The largest absolute Gasteiger partial charge is 0.493 e. The summed E-state index contributed by atoms with van der Waals surface area (Å²) in [6, 6.07) is 17.5. The highest BCUT2D eigenvalue weighted by molar-refractivity contribution is 6.13. The first-order valence-electron chi connectivity index (χ1n) is 47.8. The number of carbonyl (C=O) groups is 12. The van der Waals surface area contributed by atoms with Crippen molar-refractivity contribution in [2.45, 2.75) is 209 Å². The number of aryl methyl sites for hydroxylation is 1. The number of amides is 7. The van der Waals surface area contributed by atoms with Gasteiger partial charge in [-0.2, -0.15) is 0 Å². The van der Waals surface area contributed by atoms with Gasteiger partial charge in [0.15, 0.2) is 35.5 Å². The lowest BCUT2D eigenvalue weighted by atomic mass is 9.88. The molecule has 8 atom stereocenters. The van der Waals surface area contributed by atoms with Crippen molar-refractivity contribution < 1.29 is 139 Å². The van der Waals surface area contributed by atoms with Gasteiger partial charge in [-0.1, -0.05) is 87.4 Å². The smallest absolute Gasteiger partial charge is 0.416 e. The summed E-state index contributed by atoms with van der Waals surface area (Å²) >= 11 is 0. The van der Waals surface area contributed by atoms with Crippen molar-refractivity contribution in [2.24, 2.45) is 23.7 Å². The Morgan fingerprint density at radius 3 is 1.33 bits per heavy atom. The van der Waals surface area contributed by atoms with Crippen molar-refractivity contribution in [3.8, 4) is 17.2 Å². The van der Waals surface area contributed by atoms with E-state index in [1.165, 1.54) is 41.2 Å². The van der Waals surface area contributed by atoms with Gasteiger partial charge in [-0.3, -0.25) is 52.8 Å². The molecule has 0 fully saturated rings. The quantitative estimate of drug-likeness (QED) is 0.0236. The number of rotatable bonds is 66. The zero-order chi connectivity index (χ0) is 99.6. The number of hydrogen-bond acceptors (Lipinski definition) is 30. The summed E-state index contributed by atoms with van der Waals surface area (Å²) in [6.45, 7) is 23.7. The molecule has 4 aromatic rings. The molecule has 0 bridgehead atoms. The number of fused-ring (bicyclic) bond motifs is 4. The average Bonchev–Trinajstić information content (AvgIpc) is 1.59. The molecule has 138 heavy (non-hydrogen) atoms. The summed E-state index contributed by atoms with van der Waals surface area (Å²) in [7, 11) is 3.00. The minimum Gasteiger partial charge on any atom is -0.493 e. The predicted octanol–water partition coefficient (Wildman–Crippen LogP) is 10.1. The molecular formula is C102H141N7O29. The Morgan fingerprint density at radius 1 is 0.435 bits per heavy atom. The first-order chi connectivity index (χ1) is 66.4. The molecule has 0 aliphatic carbocycles. The first kappa shape index (κ1) is 111. The lowest BCUT2D eigenvalue weighted by molar-refractivity contribution is -0.137. The van der Waals surface area contributed by atoms with Crippen LogP contribution in [0.3, 0.4) is 0 Å². The fourth-order valence-electron chi connectivity index (χ4n) is 16.2. The van der Waals surface area contributed by atoms with Crippen LogP contribution in [0, 0.1) is 30.6 Å². The summed E-state index contributed by atoms with van der Waals surface area (Å²) in [4.78, 5) is 165. The summed E-state index contributed by atoms with van der Waals surface area (Å²) in [5, 5.41) is 29.9. The first-order valence-corrected chi connectivity index (χ1v) is 47.8. The van der Waals surface area contributed by atoms with Crippen LogP contribution in [0.2, 0.25) is 0 Å². The van der Waals surface area contributed by atoms with Gasteiger partial charge in [0.25, 0.3) is 17.7 Å². The Morgan fingerprint density at radius 2 is 0.855 bits per heavy atom. The van der Waals surface area contributed by atoms with Gasteiger partial charge in [0.2, 0.25) is 11.8 Å². The van der Waals surface area contributed by atoms with Gasteiger partial charge >= 0.3 is 12.2 Å². The molecule has 0 radical (unpaired) electrons. The van der Waals surface area contributed by atoms with Gasteiger partial charge in [0, 0.05) is 120 Å². The summed E-state index contributed by atoms with van der Waals surface area (Å²) < 4.78 is 85.1. The Balaban J connectivity index is 0.645. The fourth-order valence-corrected chi connectivity index (χ4v) is 16.2. The highest BCUT2D eigenvalue weighted by Crippen LogP contribution is 2.44. The van der Waals surface area contributed by atoms with Crippen molar-refractivity contribution in [3.63, 3.8) is 0 Å². The van der Waals surface area contributed by atoms with Crippen LogP contribution in [0.15, 0.2) is 108 Å². The molecule has 0 unspecified atom stereocenters. The number of hydrogen-bond donors (Lipinski definition) is 4. The topological polar surface area (TPSA) is 424 Å². The van der Waals surface area contributed by atoms with E-state index in [4.69, 9.17) is 71.1 Å². The number of methoxy groups -OCH3 is 2. The molecule has 36 nitrogen and oxygen atoms in total. The van der Waals surface area contributed by atoms with Gasteiger partial charge in [-0.05, 0) is 137 Å². The van der Waals surface area contributed by atoms with E-state index >= 15 is 0 Å². The van der Waals surface area contributed by atoms with Crippen LogP contribution >= 0.6 is 0 Å². The molecule has 0 spiro atoms. The Kier molecular flexibility index (Phi) is 46.9. The molecule has 758 valence electrons. The van der Waals surface area contributed by atoms with Crippen molar-refractivity contribution in [3.05, 3.63) is 147 Å². The molecule has 4 aromatic carbocycles. The SMILES string of the molecule is COCCOCCC(=O)C[C@H](C(=O)N[C@H](C)C(=O)Cc1ccc(COC(=O)N2c3cc(OCCCCCOc4cc5c(cc4OC)C(=O)N4C=C(C)C[C@H]4[C@H](O)N5C(=O)OCc4ccc(CC(=O)[C@@H](C)NC(=O)[C@H](CC(=O)CCOCCOCCOCCOCCOCCOCCOCCOCCCC(=O)CCN5C(=O)C=CC5=O)C(C)C)cc4)c(C)cc3CN3C=C(C)C[C@H]3[C@@H]2O)cc1)C(C)C. The molecule has 36 heteroatoms. The van der Waals surface area contributed by atoms with E-state index in [1.807, 2.05) is 65.6 Å². The number of nitrogens with zero attached hydrogens (tertiary/aromatic N) is 5. The number of ether oxygens (including phenoxy) is 15. The van der Waals surface area contributed by atoms with Crippen molar-refractivity contribution >= 4 is 82.0 Å². The highest BCUT2D eigenvalue weighted by atomic mass is 16.6. The van der Waals surface area contributed by atoms with E-state index in [0.29, 0.717) is 184 Å². The number of Topliss-reactive ketones (excluding diaryl/α,β-unsaturated/α-hetero) is 5. The molecule has 0 saturated heterocycles. The monoisotopic (exact) mass is 1930 g/mol. The lowest BCUT2D eigenvalue weighted by Crippen LogP contribution is -2.50. The third-order valence-corrected chi connectivity index (χ3v) is 24.2. The molecule has 9 rings (SSSR count). The van der Waals surface area contributed by atoms with Gasteiger partial charge in [-0.25, -0.2) is 19.4 Å². The third kappa shape index (κ3) is 35.2. The number of nitrogens with one attached hydrogen (secondary N) is 2. The molecular weight excluding hydrogens is 1790 g/mol. The van der Waals surface area contributed by atoms with E-state index < -0.39 is 84.3 Å². The van der Waals surface area contributed by atoms with Gasteiger partial charge in [0.05, 0.1) is 180 Å². The molecule has 7 amide bonds. The van der Waals surface area contributed by atoms with E-state index in [1.54, 1.807) is 81.8 Å². The van der Waals surface area contributed by atoms with Gasteiger partial charge < -0.3 is 102 Å². The molecule has 4 N–H and O–H groups in total. The second-order valence-corrected chi connectivity index (χ2v) is 35.7. The van der Waals surface area contributed by atoms with E-state index in [9.17, 15) is 67.7 Å². The zero-order valence-corrected chi connectivity index (χ0v) is 81.7. The zero-order valence-electron chi connectivity index (χ0n) is 81.7. The van der Waals surface area contributed by atoms with Crippen LogP contribution in [0.1, 0.15) is 176 Å². The Bertz CT molecular complexity index is 4750. The maximum absolute atomic E-state index is 14.5. The summed E-state index contributed by atoms with van der Waals surface area (Å²) in [5.74, 6) is -3.57. The molecule has 0 saturated carbocycles. The molecule has 0 aromatic heterocycles. The molecule has 5 aliphatic rings. The van der Waals surface area contributed by atoms with E-state index in [0.717, 1.165) is 32.1 Å². The number of imide groups is 1. The minimum atomic E-state index is -1.56. The maximum atomic E-state index is 14.5. The second-order valence-electron chi connectivity index (χ2n) is 35.7. The number of unbranched alkanes of at least 4 members (excludes halogenated alkanes) is 2. The molecule has 5 aliphatic heterocycles. The van der Waals surface area contributed by atoms with Crippen LogP contribution in [0.5, 0.6) is 17.2 Å². The van der Waals surface area contributed by atoms with Crippen LogP contribution in [-0.2, 0) is 133 Å². The Labute approximate surface area is 808 Å². The highest BCUT2D eigenvalue weighted by Gasteiger charge is 2.46. The number of aliphatic hydroxyl groups is 2. The number of anilines is 2. The number of benzene rings is 4. The van der Waals surface area contributed by atoms with Crippen LogP contribution in [0.4, 0.5) is 21.0 Å². The molecule has 5 heterocycles. The average molecular weight is 1930 g/mol. The van der Waals surface area contributed by atoms with Crippen molar-refractivity contribution in [2.75, 3.05) is 169 Å². The van der Waals surface area contributed by atoms with Crippen LogP contribution in [-0.4, -0.2) is 292 Å². The normalized spacial score (nSPS) is 17.0. The number of carbonyl (C=O) groups excluding carboxylic acids is 12. The van der Waals surface area contributed by atoms with E-state index in [2.05, 4.69) is 10.6 Å². The third-order valence-electron chi connectivity index (χ3n) is 24.2. The minimum absolute atomic E-state index is 0.0212. The van der Waals surface area contributed by atoms with Crippen molar-refractivity contribution in [1.29, 1.82) is 0 Å². The lowest BCUT2D eigenvalue weighted by Gasteiger charge is -2.32. The van der Waals surface area contributed by atoms with Crippen LogP contribution < -0.4 is 34.6 Å². The fraction of sp³-hybridized carbons (Fsp3) is 0.588. The van der Waals surface area contributed by atoms with Gasteiger partial charge in [-0.15, -0.1) is 0 Å². The number of ketones is 5. The van der Waals surface area contributed by atoms with Crippen LogP contribution in [0.25, 0.3) is 0 Å². The second kappa shape index (κ2) is 58.3. The standard InChI is InChI=1S/C102H141N7O29/c1-67(2)82(57-80(111)28-34-127-37-36-124-10)96(117)103-72(8)89(113)55-74-17-21-76(22-18-74)65-137-101(122)108-85-60-91(71(7)54-78(85)64-105-62-69(5)52-87(105)99(108)120)135-32-13-12-14-33-136-93-61-86-84(59-92(93)125-11)98(119)107-63-70(6)53-88(107)100(121)109(86)102(123)138-66-77-23-19-75(20-24-77)56-90(114)73(9)104-97(118)83(68(3)4)58-81(112)29-35-128-39-41-130-43-45-132-47-49-134-51-50-133-48-46-131-44-42-129-40-38-126-31-15-16-79(110)27-30-106-94(115)25-26-95(106)116/h17-26,54,59-63,67-68,72-73,82-83,87-88,99-100,120-121H,12-16,27-53,55-58,64-66H2,1-11H3,(H,103,117)(H,104,118)/t72-,73-,82+,83-,87+,88+,99+,100+/m1/s1. The van der Waals surface area contributed by atoms with Crippen molar-refractivity contribution in [1.82, 2.24) is 25.3 Å². The van der Waals surface area contributed by atoms with Gasteiger partial charge in [0.1, 0.15) is 36.3 Å². The summed E-state index contributed by atoms with van der Waals surface area (Å²) in [6.07, 6.45) is 5.26. The number of aliphatic hydroxyl groups excluding tert-OH is 2. The summed E-state index contributed by atoms with van der Waals surface area (Å²) in [5.41, 5.74) is 6.48. The van der Waals surface area contributed by atoms with E-state index in [-0.39, 0.29) is 174 Å².